The molecule has 0 nitrogen and oxygen atoms in total. The summed E-state index contributed by atoms with van der Waals surface area (Å²) < 4.78 is 0. The van der Waals surface area contributed by atoms with Crippen molar-refractivity contribution in [3.63, 3.8) is 0 Å². The van der Waals surface area contributed by atoms with Crippen molar-refractivity contribution in [2.75, 3.05) is 0 Å². The minimum Gasteiger partial charge on any atom is -0.0998 e. The Morgan fingerprint density at radius 2 is 1.94 bits per heavy atom. The molecule has 2 atom stereocenters. The van der Waals surface area contributed by atoms with Crippen molar-refractivity contribution >= 4 is 0 Å². The van der Waals surface area contributed by atoms with Crippen LogP contribution >= 0.6 is 0 Å². The third-order valence-corrected chi connectivity index (χ3v) is 3.69. The Kier molecular flexibility index (Phi) is 3.28. The van der Waals surface area contributed by atoms with Gasteiger partial charge in [-0.1, -0.05) is 54.1 Å². The smallest absolute Gasteiger partial charge is 0.00511 e. The minimum absolute atomic E-state index is 0.594. The molecular formula is C16H20. The highest BCUT2D eigenvalue weighted by atomic mass is 14.3. The molecule has 1 aromatic carbocycles. The molecule has 0 bridgehead atoms. The Labute approximate surface area is 98.7 Å². The van der Waals surface area contributed by atoms with Gasteiger partial charge in [-0.3, -0.25) is 0 Å². The quantitative estimate of drug-likeness (QED) is 0.623. The molecule has 0 fully saturated rings. The normalized spacial score (nSPS) is 25.0. The Hall–Kier alpha value is -1.30. The van der Waals surface area contributed by atoms with E-state index in [0.717, 1.165) is 0 Å². The van der Waals surface area contributed by atoms with Gasteiger partial charge in [0.1, 0.15) is 0 Å². The average Bonchev–Trinajstić information content (AvgIpc) is 2.30. The lowest BCUT2D eigenvalue weighted by atomic mass is 9.76. The molecule has 0 radical (unpaired) electrons. The molecule has 1 aliphatic rings. The van der Waals surface area contributed by atoms with Gasteiger partial charge in [-0.05, 0) is 38.2 Å². The molecule has 2 rings (SSSR count). The maximum absolute atomic E-state index is 4.10. The van der Waals surface area contributed by atoms with Crippen molar-refractivity contribution in [3.05, 3.63) is 59.7 Å². The van der Waals surface area contributed by atoms with Crippen LogP contribution in [0.25, 0.3) is 0 Å². The van der Waals surface area contributed by atoms with Gasteiger partial charge in [0.15, 0.2) is 0 Å². The molecule has 0 saturated carbocycles. The fraction of sp³-hybridized carbons (Fsp3) is 0.375. The van der Waals surface area contributed by atoms with Crippen molar-refractivity contribution < 1.29 is 0 Å². The SMILES string of the molecule is C=C(C)[C@@H]1CC=C(C)[C@@H](c2ccccc2)C1. The lowest BCUT2D eigenvalue weighted by Crippen LogP contribution is -2.14. The molecule has 84 valence electrons. The second-order valence-corrected chi connectivity index (χ2v) is 4.93. The Morgan fingerprint density at radius 1 is 1.25 bits per heavy atom. The summed E-state index contributed by atoms with van der Waals surface area (Å²) in [5.41, 5.74) is 4.29. The maximum atomic E-state index is 4.10. The predicted molar refractivity (Wildman–Crippen MR) is 70.5 cm³/mol. The minimum atomic E-state index is 0.594. The number of benzene rings is 1. The zero-order chi connectivity index (χ0) is 11.5. The topological polar surface area (TPSA) is 0 Å². The summed E-state index contributed by atoms with van der Waals surface area (Å²) in [6.07, 6.45) is 4.78. The van der Waals surface area contributed by atoms with Gasteiger partial charge < -0.3 is 0 Å². The van der Waals surface area contributed by atoms with Crippen LogP contribution in [0.4, 0.5) is 0 Å². The molecule has 0 heterocycles. The average molecular weight is 212 g/mol. The molecular weight excluding hydrogens is 192 g/mol. The molecule has 0 heteroatoms. The van der Waals surface area contributed by atoms with Gasteiger partial charge in [0.05, 0.1) is 0 Å². The van der Waals surface area contributed by atoms with Crippen LogP contribution in [0.15, 0.2) is 54.1 Å². The largest absolute Gasteiger partial charge is 0.0998 e. The van der Waals surface area contributed by atoms with E-state index >= 15 is 0 Å². The van der Waals surface area contributed by atoms with Crippen molar-refractivity contribution in [1.82, 2.24) is 0 Å². The van der Waals surface area contributed by atoms with Gasteiger partial charge in [-0.15, -0.1) is 0 Å². The van der Waals surface area contributed by atoms with Crippen molar-refractivity contribution in [1.29, 1.82) is 0 Å². The first kappa shape index (κ1) is 11.2. The third kappa shape index (κ3) is 2.27. The van der Waals surface area contributed by atoms with E-state index in [1.165, 1.54) is 29.6 Å². The number of hydrogen-bond acceptors (Lipinski definition) is 0. The summed E-state index contributed by atoms with van der Waals surface area (Å²) >= 11 is 0. The summed E-state index contributed by atoms with van der Waals surface area (Å²) in [7, 11) is 0. The van der Waals surface area contributed by atoms with Crippen LogP contribution in [-0.2, 0) is 0 Å². The lowest BCUT2D eigenvalue weighted by Gasteiger charge is -2.29. The highest BCUT2D eigenvalue weighted by molar-refractivity contribution is 5.30. The molecule has 1 aliphatic carbocycles. The first-order valence-corrected chi connectivity index (χ1v) is 6.05. The van der Waals surface area contributed by atoms with Crippen LogP contribution in [0.2, 0.25) is 0 Å². The molecule has 0 N–H and O–H groups in total. The fourth-order valence-corrected chi connectivity index (χ4v) is 2.52. The van der Waals surface area contributed by atoms with E-state index in [-0.39, 0.29) is 0 Å². The van der Waals surface area contributed by atoms with Crippen LogP contribution in [0, 0.1) is 5.92 Å². The summed E-state index contributed by atoms with van der Waals surface area (Å²) in [6, 6.07) is 10.8. The first-order chi connectivity index (χ1) is 7.68. The monoisotopic (exact) mass is 212 g/mol. The summed E-state index contributed by atoms with van der Waals surface area (Å²) in [5.74, 6) is 1.26. The van der Waals surface area contributed by atoms with Gasteiger partial charge in [-0.2, -0.15) is 0 Å². The number of allylic oxidation sites excluding steroid dienone is 3. The molecule has 0 aromatic heterocycles. The van der Waals surface area contributed by atoms with Gasteiger partial charge in [0.25, 0.3) is 0 Å². The standard InChI is InChI=1S/C16H20/c1-12(2)15-10-9-13(3)16(11-15)14-7-5-4-6-8-14/h4-9,15-16H,1,10-11H2,2-3H3/t15-,16+/m1/s1. The summed E-state index contributed by atoms with van der Waals surface area (Å²) in [6.45, 7) is 8.51. The molecule has 0 amide bonds. The van der Waals surface area contributed by atoms with Crippen LogP contribution in [0.3, 0.4) is 0 Å². The van der Waals surface area contributed by atoms with E-state index in [2.05, 4.69) is 56.8 Å². The van der Waals surface area contributed by atoms with Gasteiger partial charge in [0.2, 0.25) is 0 Å². The van der Waals surface area contributed by atoms with Crippen molar-refractivity contribution in [2.24, 2.45) is 5.92 Å². The van der Waals surface area contributed by atoms with E-state index in [0.29, 0.717) is 11.8 Å². The molecule has 1 aromatic rings. The van der Waals surface area contributed by atoms with Crippen LogP contribution in [0.1, 0.15) is 38.2 Å². The van der Waals surface area contributed by atoms with Gasteiger partial charge >= 0.3 is 0 Å². The number of rotatable bonds is 2. The van der Waals surface area contributed by atoms with Gasteiger partial charge in [0, 0.05) is 5.92 Å². The third-order valence-electron chi connectivity index (χ3n) is 3.69. The van der Waals surface area contributed by atoms with Crippen LogP contribution in [0.5, 0.6) is 0 Å². The Bertz CT molecular complexity index is 397. The first-order valence-electron chi connectivity index (χ1n) is 6.05. The second kappa shape index (κ2) is 4.69. The second-order valence-electron chi connectivity index (χ2n) is 4.93. The summed E-state index contributed by atoms with van der Waals surface area (Å²) in [4.78, 5) is 0. The number of hydrogen-bond donors (Lipinski definition) is 0. The van der Waals surface area contributed by atoms with Crippen molar-refractivity contribution in [3.8, 4) is 0 Å². The van der Waals surface area contributed by atoms with E-state index in [1.54, 1.807) is 0 Å². The van der Waals surface area contributed by atoms with E-state index in [9.17, 15) is 0 Å². The molecule has 0 saturated heterocycles. The highest BCUT2D eigenvalue weighted by Gasteiger charge is 2.23. The van der Waals surface area contributed by atoms with Crippen LogP contribution in [-0.4, -0.2) is 0 Å². The van der Waals surface area contributed by atoms with Gasteiger partial charge in [-0.25, -0.2) is 0 Å². The maximum Gasteiger partial charge on any atom is 0.00511 e. The highest BCUT2D eigenvalue weighted by Crippen LogP contribution is 2.38. The predicted octanol–water partition coefficient (Wildman–Crippen LogP) is 4.70. The molecule has 0 aliphatic heterocycles. The van der Waals surface area contributed by atoms with E-state index < -0.39 is 0 Å². The molecule has 0 spiro atoms. The molecule has 0 unspecified atom stereocenters. The summed E-state index contributed by atoms with van der Waals surface area (Å²) in [5, 5.41) is 0. The zero-order valence-corrected chi connectivity index (χ0v) is 10.2. The van der Waals surface area contributed by atoms with E-state index in [4.69, 9.17) is 0 Å². The Balaban J connectivity index is 2.24. The van der Waals surface area contributed by atoms with Crippen LogP contribution < -0.4 is 0 Å². The van der Waals surface area contributed by atoms with Crippen molar-refractivity contribution in [2.45, 2.75) is 32.6 Å². The lowest BCUT2D eigenvalue weighted by molar-refractivity contribution is 0.496. The Morgan fingerprint density at radius 3 is 2.56 bits per heavy atom. The van der Waals surface area contributed by atoms with E-state index in [1.807, 2.05) is 0 Å². The zero-order valence-electron chi connectivity index (χ0n) is 10.2. The molecule has 16 heavy (non-hydrogen) atoms. The fourth-order valence-electron chi connectivity index (χ4n) is 2.52.